The lowest BCUT2D eigenvalue weighted by molar-refractivity contribution is 0.447. The average Bonchev–Trinajstić information content (AvgIpc) is 2.53. The second kappa shape index (κ2) is 6.58. The van der Waals surface area contributed by atoms with E-state index in [1.165, 1.54) is 43.2 Å². The molecule has 0 aromatic heterocycles. The average molecular weight is 266 g/mol. The molecule has 1 fully saturated rings. The summed E-state index contributed by atoms with van der Waals surface area (Å²) in [6.07, 6.45) is 6.74. The predicted molar refractivity (Wildman–Crippen MR) is 79.1 cm³/mol. The number of benzene rings is 1. The fourth-order valence-corrected chi connectivity index (χ4v) is 3.04. The van der Waals surface area contributed by atoms with Crippen molar-refractivity contribution in [2.75, 3.05) is 0 Å². The lowest BCUT2D eigenvalue weighted by atomic mass is 10.0. The maximum atomic E-state index is 6.26. The van der Waals surface area contributed by atoms with E-state index >= 15 is 0 Å². The minimum absolute atomic E-state index is 0.673. The van der Waals surface area contributed by atoms with Gasteiger partial charge in [0, 0.05) is 17.6 Å². The molecular formula is C16H24ClN. The third-order valence-corrected chi connectivity index (χ3v) is 4.40. The van der Waals surface area contributed by atoms with E-state index in [2.05, 4.69) is 31.3 Å². The molecule has 0 bridgehead atoms. The van der Waals surface area contributed by atoms with Crippen molar-refractivity contribution in [3.63, 3.8) is 0 Å². The predicted octanol–water partition coefficient (Wildman–Crippen LogP) is 4.71. The molecule has 100 valence electrons. The van der Waals surface area contributed by atoms with E-state index in [1.807, 2.05) is 6.07 Å². The van der Waals surface area contributed by atoms with Crippen LogP contribution in [0.4, 0.5) is 0 Å². The lowest BCUT2D eigenvalue weighted by Gasteiger charge is -2.17. The summed E-state index contributed by atoms with van der Waals surface area (Å²) in [4.78, 5) is 0. The highest BCUT2D eigenvalue weighted by Crippen LogP contribution is 2.23. The van der Waals surface area contributed by atoms with Crippen molar-refractivity contribution in [3.05, 3.63) is 34.3 Å². The zero-order valence-electron chi connectivity index (χ0n) is 11.5. The zero-order valence-corrected chi connectivity index (χ0v) is 12.3. The Labute approximate surface area is 116 Å². The number of hydrogen-bond donors (Lipinski definition) is 1. The second-order valence-electron chi connectivity index (χ2n) is 5.79. The van der Waals surface area contributed by atoms with Gasteiger partial charge in [0.25, 0.3) is 0 Å². The van der Waals surface area contributed by atoms with Gasteiger partial charge in [0.15, 0.2) is 0 Å². The molecule has 18 heavy (non-hydrogen) atoms. The van der Waals surface area contributed by atoms with Crippen LogP contribution in [0.25, 0.3) is 0 Å². The molecule has 0 heterocycles. The van der Waals surface area contributed by atoms with Crippen LogP contribution in [0.1, 0.15) is 50.2 Å². The first-order chi connectivity index (χ1) is 8.65. The molecule has 0 radical (unpaired) electrons. The topological polar surface area (TPSA) is 12.0 Å². The largest absolute Gasteiger partial charge is 0.310 e. The van der Waals surface area contributed by atoms with E-state index in [4.69, 9.17) is 11.6 Å². The molecule has 0 aliphatic heterocycles. The van der Waals surface area contributed by atoms with Gasteiger partial charge in [-0.3, -0.25) is 0 Å². The Kier molecular flexibility index (Phi) is 5.08. The molecular weight excluding hydrogens is 242 g/mol. The molecule has 1 nitrogen and oxygen atoms in total. The number of aryl methyl sites for hydroxylation is 1. The van der Waals surface area contributed by atoms with E-state index in [1.54, 1.807) is 0 Å². The zero-order chi connectivity index (χ0) is 13.0. The summed E-state index contributed by atoms with van der Waals surface area (Å²) in [6.45, 7) is 5.35. The molecule has 0 spiro atoms. The van der Waals surface area contributed by atoms with Crippen LogP contribution < -0.4 is 5.32 Å². The maximum Gasteiger partial charge on any atom is 0.0453 e. The van der Waals surface area contributed by atoms with Gasteiger partial charge in [0.2, 0.25) is 0 Å². The fraction of sp³-hybridized carbons (Fsp3) is 0.625. The molecule has 0 saturated heterocycles. The third kappa shape index (κ3) is 4.00. The van der Waals surface area contributed by atoms with Crippen molar-refractivity contribution in [3.8, 4) is 0 Å². The first-order valence-corrected chi connectivity index (χ1v) is 7.51. The van der Waals surface area contributed by atoms with Crippen LogP contribution in [0.15, 0.2) is 18.2 Å². The smallest absolute Gasteiger partial charge is 0.0453 e. The Morgan fingerprint density at radius 1 is 1.22 bits per heavy atom. The number of nitrogens with one attached hydrogen (secondary N) is 1. The Morgan fingerprint density at radius 2 is 2.06 bits per heavy atom. The van der Waals surface area contributed by atoms with Crippen LogP contribution in [0.5, 0.6) is 0 Å². The number of halogens is 1. The van der Waals surface area contributed by atoms with Gasteiger partial charge in [0.05, 0.1) is 0 Å². The summed E-state index contributed by atoms with van der Waals surface area (Å²) < 4.78 is 0. The van der Waals surface area contributed by atoms with Gasteiger partial charge in [-0.25, -0.2) is 0 Å². The molecule has 1 aromatic rings. The van der Waals surface area contributed by atoms with Crippen molar-refractivity contribution in [2.45, 2.75) is 58.5 Å². The SMILES string of the molecule is Cc1ccc(CNC2CCCC(C)CC2)c(Cl)c1. The Morgan fingerprint density at radius 3 is 2.83 bits per heavy atom. The van der Waals surface area contributed by atoms with Gasteiger partial charge < -0.3 is 5.32 Å². The number of rotatable bonds is 3. The van der Waals surface area contributed by atoms with Crippen molar-refractivity contribution in [1.82, 2.24) is 5.32 Å². The van der Waals surface area contributed by atoms with Gasteiger partial charge in [-0.05, 0) is 49.3 Å². The van der Waals surface area contributed by atoms with Crippen molar-refractivity contribution in [1.29, 1.82) is 0 Å². The molecule has 1 N–H and O–H groups in total. The lowest BCUT2D eigenvalue weighted by Crippen LogP contribution is -2.28. The highest BCUT2D eigenvalue weighted by molar-refractivity contribution is 6.31. The summed E-state index contributed by atoms with van der Waals surface area (Å²) in [6, 6.07) is 7.00. The van der Waals surface area contributed by atoms with E-state index in [9.17, 15) is 0 Å². The van der Waals surface area contributed by atoms with E-state index < -0.39 is 0 Å². The maximum absolute atomic E-state index is 6.26. The van der Waals surface area contributed by atoms with Gasteiger partial charge in [-0.1, -0.05) is 43.5 Å². The first-order valence-electron chi connectivity index (χ1n) is 7.13. The molecule has 2 unspecified atom stereocenters. The third-order valence-electron chi connectivity index (χ3n) is 4.05. The van der Waals surface area contributed by atoms with Crippen molar-refractivity contribution < 1.29 is 0 Å². The van der Waals surface area contributed by atoms with Crippen LogP contribution in [0.2, 0.25) is 5.02 Å². The van der Waals surface area contributed by atoms with Crippen LogP contribution >= 0.6 is 11.6 Å². The van der Waals surface area contributed by atoms with Crippen molar-refractivity contribution >= 4 is 11.6 Å². The molecule has 1 aliphatic rings. The summed E-state index contributed by atoms with van der Waals surface area (Å²) >= 11 is 6.26. The second-order valence-corrected chi connectivity index (χ2v) is 6.19. The fourth-order valence-electron chi connectivity index (χ4n) is 2.74. The minimum Gasteiger partial charge on any atom is -0.310 e. The van der Waals surface area contributed by atoms with Gasteiger partial charge >= 0.3 is 0 Å². The summed E-state index contributed by atoms with van der Waals surface area (Å²) in [5, 5.41) is 4.57. The monoisotopic (exact) mass is 265 g/mol. The molecule has 1 aromatic carbocycles. The Hall–Kier alpha value is -0.530. The van der Waals surface area contributed by atoms with Gasteiger partial charge in [-0.15, -0.1) is 0 Å². The van der Waals surface area contributed by atoms with Crippen LogP contribution in [0.3, 0.4) is 0 Å². The minimum atomic E-state index is 0.673. The summed E-state index contributed by atoms with van der Waals surface area (Å²) in [5.41, 5.74) is 2.45. The van der Waals surface area contributed by atoms with E-state index in [0.29, 0.717) is 6.04 Å². The van der Waals surface area contributed by atoms with Crippen LogP contribution in [-0.4, -0.2) is 6.04 Å². The first kappa shape index (κ1) is 13.9. The van der Waals surface area contributed by atoms with Gasteiger partial charge in [-0.2, -0.15) is 0 Å². The van der Waals surface area contributed by atoms with Crippen LogP contribution in [-0.2, 0) is 6.54 Å². The normalized spacial score (nSPS) is 24.8. The molecule has 2 rings (SSSR count). The molecule has 0 amide bonds. The number of hydrogen-bond acceptors (Lipinski definition) is 1. The molecule has 1 aliphatic carbocycles. The van der Waals surface area contributed by atoms with E-state index in [0.717, 1.165) is 17.5 Å². The standard InChI is InChI=1S/C16H24ClN/c1-12-4-3-5-15(9-7-12)18-11-14-8-6-13(2)10-16(14)17/h6,8,10,12,15,18H,3-5,7,9,11H2,1-2H3. The molecule has 2 heteroatoms. The summed E-state index contributed by atoms with van der Waals surface area (Å²) in [7, 11) is 0. The van der Waals surface area contributed by atoms with Crippen LogP contribution in [0, 0.1) is 12.8 Å². The quantitative estimate of drug-likeness (QED) is 0.781. The molecule has 2 atom stereocenters. The Bertz CT molecular complexity index is 389. The molecule has 1 saturated carbocycles. The van der Waals surface area contributed by atoms with Gasteiger partial charge in [0.1, 0.15) is 0 Å². The highest BCUT2D eigenvalue weighted by Gasteiger charge is 2.15. The van der Waals surface area contributed by atoms with Crippen molar-refractivity contribution in [2.24, 2.45) is 5.92 Å². The highest BCUT2D eigenvalue weighted by atomic mass is 35.5. The summed E-state index contributed by atoms with van der Waals surface area (Å²) in [5.74, 6) is 0.903. The van der Waals surface area contributed by atoms with E-state index in [-0.39, 0.29) is 0 Å². The Balaban J connectivity index is 1.87.